The summed E-state index contributed by atoms with van der Waals surface area (Å²) < 4.78 is 10.9. The van der Waals surface area contributed by atoms with E-state index in [-0.39, 0.29) is 17.8 Å². The van der Waals surface area contributed by atoms with E-state index in [9.17, 15) is 9.90 Å². The van der Waals surface area contributed by atoms with E-state index in [0.717, 1.165) is 25.7 Å². The maximum atomic E-state index is 12.4. The van der Waals surface area contributed by atoms with E-state index in [1.165, 1.54) is 0 Å². The van der Waals surface area contributed by atoms with Gasteiger partial charge in [-0.05, 0) is 43.9 Å². The van der Waals surface area contributed by atoms with Gasteiger partial charge < -0.3 is 14.6 Å². The molecule has 19 heavy (non-hydrogen) atoms. The largest absolute Gasteiger partial charge is 0.486 e. The molecule has 0 spiro atoms. The Morgan fingerprint density at radius 2 is 1.74 bits per heavy atom. The zero-order valence-electron chi connectivity index (χ0n) is 10.8. The number of rotatable bonds is 2. The summed E-state index contributed by atoms with van der Waals surface area (Å²) in [7, 11) is 0. The number of hydrogen-bond acceptors (Lipinski definition) is 4. The molecular weight excluding hydrogens is 244 g/mol. The summed E-state index contributed by atoms with van der Waals surface area (Å²) >= 11 is 0. The number of carbonyl (C=O) groups is 1. The van der Waals surface area contributed by atoms with Gasteiger partial charge in [-0.15, -0.1) is 0 Å². The molecule has 0 aromatic heterocycles. The predicted octanol–water partition coefficient (Wildman–Crippen LogP) is 2.19. The van der Waals surface area contributed by atoms with Crippen molar-refractivity contribution in [3.63, 3.8) is 0 Å². The first-order chi connectivity index (χ1) is 9.24. The van der Waals surface area contributed by atoms with Gasteiger partial charge in [0.25, 0.3) is 0 Å². The predicted molar refractivity (Wildman–Crippen MR) is 69.7 cm³/mol. The van der Waals surface area contributed by atoms with Crippen molar-refractivity contribution in [3.05, 3.63) is 23.8 Å². The number of ketones is 1. The minimum Gasteiger partial charge on any atom is -0.486 e. The van der Waals surface area contributed by atoms with Crippen LogP contribution in [-0.2, 0) is 0 Å². The Kier molecular flexibility index (Phi) is 3.42. The van der Waals surface area contributed by atoms with Crippen LogP contribution in [0.3, 0.4) is 0 Å². The normalized spacial score (nSPS) is 25.9. The molecule has 0 saturated heterocycles. The van der Waals surface area contributed by atoms with Crippen LogP contribution >= 0.6 is 0 Å². The molecule has 1 saturated carbocycles. The second-order valence-electron chi connectivity index (χ2n) is 5.23. The van der Waals surface area contributed by atoms with Crippen molar-refractivity contribution in [1.29, 1.82) is 0 Å². The van der Waals surface area contributed by atoms with Crippen molar-refractivity contribution < 1.29 is 19.4 Å². The SMILES string of the molecule is O=C(c1ccc2c(c1)OCCO2)C1CCC(O)CC1. The highest BCUT2D eigenvalue weighted by molar-refractivity contribution is 5.98. The highest BCUT2D eigenvalue weighted by Crippen LogP contribution is 2.33. The lowest BCUT2D eigenvalue weighted by molar-refractivity contribution is 0.0763. The Labute approximate surface area is 112 Å². The molecule has 1 fully saturated rings. The summed E-state index contributed by atoms with van der Waals surface area (Å²) in [5.74, 6) is 1.56. The quantitative estimate of drug-likeness (QED) is 0.830. The maximum Gasteiger partial charge on any atom is 0.166 e. The second kappa shape index (κ2) is 5.21. The zero-order chi connectivity index (χ0) is 13.2. The fourth-order valence-corrected chi connectivity index (χ4v) is 2.77. The van der Waals surface area contributed by atoms with Crippen LogP contribution in [0.2, 0.25) is 0 Å². The first-order valence-corrected chi connectivity index (χ1v) is 6.86. The summed E-state index contributed by atoms with van der Waals surface area (Å²) in [5.41, 5.74) is 0.686. The van der Waals surface area contributed by atoms with Gasteiger partial charge in [0.1, 0.15) is 13.2 Å². The topological polar surface area (TPSA) is 55.8 Å². The van der Waals surface area contributed by atoms with Gasteiger partial charge in [-0.2, -0.15) is 0 Å². The number of aliphatic hydroxyl groups is 1. The molecule has 4 nitrogen and oxygen atoms in total. The molecule has 102 valence electrons. The van der Waals surface area contributed by atoms with Crippen LogP contribution in [0.4, 0.5) is 0 Å². The van der Waals surface area contributed by atoms with Gasteiger partial charge in [-0.3, -0.25) is 4.79 Å². The molecule has 2 aliphatic rings. The standard InChI is InChI=1S/C15H18O4/c16-12-4-1-10(2-5-12)15(17)11-3-6-13-14(9-11)19-8-7-18-13/h3,6,9-10,12,16H,1-2,4-5,7-8H2. The van der Waals surface area contributed by atoms with Gasteiger partial charge in [0, 0.05) is 11.5 Å². The number of benzene rings is 1. The lowest BCUT2D eigenvalue weighted by Gasteiger charge is -2.25. The molecule has 0 atom stereocenters. The summed E-state index contributed by atoms with van der Waals surface area (Å²) in [5, 5.41) is 9.49. The molecule has 0 bridgehead atoms. The Morgan fingerprint density at radius 3 is 2.47 bits per heavy atom. The van der Waals surface area contributed by atoms with Crippen molar-refractivity contribution in [2.45, 2.75) is 31.8 Å². The zero-order valence-corrected chi connectivity index (χ0v) is 10.8. The lowest BCUT2D eigenvalue weighted by atomic mass is 9.82. The first-order valence-electron chi connectivity index (χ1n) is 6.86. The average molecular weight is 262 g/mol. The molecule has 0 amide bonds. The van der Waals surface area contributed by atoms with E-state index in [4.69, 9.17) is 9.47 Å². The van der Waals surface area contributed by atoms with E-state index < -0.39 is 0 Å². The van der Waals surface area contributed by atoms with Gasteiger partial charge >= 0.3 is 0 Å². The van der Waals surface area contributed by atoms with Crippen molar-refractivity contribution in [2.24, 2.45) is 5.92 Å². The van der Waals surface area contributed by atoms with E-state index >= 15 is 0 Å². The van der Waals surface area contributed by atoms with E-state index in [1.807, 2.05) is 0 Å². The molecule has 0 radical (unpaired) electrons. The van der Waals surface area contributed by atoms with Crippen molar-refractivity contribution in [3.8, 4) is 11.5 Å². The third-order valence-corrected chi connectivity index (χ3v) is 3.89. The fraction of sp³-hybridized carbons (Fsp3) is 0.533. The summed E-state index contributed by atoms with van der Waals surface area (Å²) in [6.07, 6.45) is 2.76. The third kappa shape index (κ3) is 2.59. The molecule has 1 aromatic carbocycles. The number of hydrogen-bond donors (Lipinski definition) is 1. The lowest BCUT2D eigenvalue weighted by Crippen LogP contribution is -2.24. The van der Waals surface area contributed by atoms with Crippen LogP contribution in [0.15, 0.2) is 18.2 Å². The number of carbonyl (C=O) groups excluding carboxylic acids is 1. The molecule has 1 aromatic rings. The first kappa shape index (κ1) is 12.5. The van der Waals surface area contributed by atoms with Crippen LogP contribution in [-0.4, -0.2) is 30.2 Å². The van der Waals surface area contributed by atoms with Gasteiger partial charge in [0.15, 0.2) is 17.3 Å². The van der Waals surface area contributed by atoms with E-state index in [2.05, 4.69) is 0 Å². The highest BCUT2D eigenvalue weighted by Gasteiger charge is 2.26. The molecular formula is C15H18O4. The Morgan fingerprint density at radius 1 is 1.05 bits per heavy atom. The third-order valence-electron chi connectivity index (χ3n) is 3.89. The summed E-state index contributed by atoms with van der Waals surface area (Å²) in [4.78, 5) is 12.4. The monoisotopic (exact) mass is 262 g/mol. The molecule has 1 heterocycles. The van der Waals surface area contributed by atoms with Crippen molar-refractivity contribution in [2.75, 3.05) is 13.2 Å². The summed E-state index contributed by atoms with van der Waals surface area (Å²) in [6, 6.07) is 5.39. The van der Waals surface area contributed by atoms with E-state index in [0.29, 0.717) is 30.3 Å². The Balaban J connectivity index is 1.76. The van der Waals surface area contributed by atoms with Crippen LogP contribution in [0, 0.1) is 5.92 Å². The maximum absolute atomic E-state index is 12.4. The van der Waals surface area contributed by atoms with Gasteiger partial charge in [-0.25, -0.2) is 0 Å². The van der Waals surface area contributed by atoms with E-state index in [1.54, 1.807) is 18.2 Å². The van der Waals surface area contributed by atoms with Crippen LogP contribution in [0.5, 0.6) is 11.5 Å². The average Bonchev–Trinajstić information content (AvgIpc) is 2.47. The number of aliphatic hydroxyl groups excluding tert-OH is 1. The van der Waals surface area contributed by atoms with Crippen molar-refractivity contribution >= 4 is 5.78 Å². The minimum absolute atomic E-state index is 0.0333. The van der Waals surface area contributed by atoms with Crippen molar-refractivity contribution in [1.82, 2.24) is 0 Å². The summed E-state index contributed by atoms with van der Waals surface area (Å²) in [6.45, 7) is 1.08. The molecule has 4 heteroatoms. The van der Waals surface area contributed by atoms with Crippen LogP contribution in [0.25, 0.3) is 0 Å². The number of Topliss-reactive ketones (excluding diaryl/α,β-unsaturated/α-hetero) is 1. The van der Waals surface area contributed by atoms with Crippen LogP contribution < -0.4 is 9.47 Å². The van der Waals surface area contributed by atoms with Gasteiger partial charge in [0.05, 0.1) is 6.10 Å². The fourth-order valence-electron chi connectivity index (χ4n) is 2.77. The smallest absolute Gasteiger partial charge is 0.166 e. The van der Waals surface area contributed by atoms with Gasteiger partial charge in [-0.1, -0.05) is 0 Å². The number of ether oxygens (including phenoxy) is 2. The molecule has 3 rings (SSSR count). The minimum atomic E-state index is -0.232. The molecule has 1 aliphatic carbocycles. The highest BCUT2D eigenvalue weighted by atomic mass is 16.6. The molecule has 1 aliphatic heterocycles. The van der Waals surface area contributed by atoms with Crippen LogP contribution in [0.1, 0.15) is 36.0 Å². The number of fused-ring (bicyclic) bond motifs is 1. The Bertz CT molecular complexity index is 475. The Hall–Kier alpha value is -1.55. The molecule has 1 N–H and O–H groups in total. The molecule has 0 unspecified atom stereocenters. The van der Waals surface area contributed by atoms with Gasteiger partial charge in [0.2, 0.25) is 0 Å². The second-order valence-corrected chi connectivity index (χ2v) is 5.23.